The van der Waals surface area contributed by atoms with Gasteiger partial charge in [0, 0.05) is 19.1 Å². The number of nitrogens with one attached hydrogen (secondary N) is 1. The molecule has 1 saturated heterocycles. The second-order valence-electron chi connectivity index (χ2n) is 4.58. The standard InChI is InChI=1S/C10H22N2O3S/c1-9(13)8-10-4-3-6-12(10)7-5-11-16(2,14)15/h9-11,13H,3-8H2,1-2H3/t9-,10+/m0/s1. The Morgan fingerprint density at radius 3 is 2.81 bits per heavy atom. The summed E-state index contributed by atoms with van der Waals surface area (Å²) < 4.78 is 24.3. The second kappa shape index (κ2) is 5.95. The molecule has 0 unspecified atom stereocenters. The lowest BCUT2D eigenvalue weighted by Crippen LogP contribution is -2.38. The van der Waals surface area contributed by atoms with E-state index in [9.17, 15) is 13.5 Å². The Balaban J connectivity index is 2.30. The molecular weight excluding hydrogens is 228 g/mol. The molecule has 0 aromatic carbocycles. The lowest BCUT2D eigenvalue weighted by Gasteiger charge is -2.25. The first-order chi connectivity index (χ1) is 7.38. The van der Waals surface area contributed by atoms with Gasteiger partial charge in [0.25, 0.3) is 0 Å². The molecule has 0 aromatic heterocycles. The molecule has 2 atom stereocenters. The van der Waals surface area contributed by atoms with Gasteiger partial charge >= 0.3 is 0 Å². The molecule has 0 aliphatic carbocycles. The van der Waals surface area contributed by atoms with Gasteiger partial charge < -0.3 is 5.11 Å². The van der Waals surface area contributed by atoms with Gasteiger partial charge in [0.2, 0.25) is 10.0 Å². The van der Waals surface area contributed by atoms with Crippen LogP contribution in [-0.4, -0.2) is 56.5 Å². The Kier molecular flexibility index (Phi) is 5.17. The van der Waals surface area contributed by atoms with Crippen molar-refractivity contribution in [1.82, 2.24) is 9.62 Å². The van der Waals surface area contributed by atoms with E-state index in [-0.39, 0.29) is 6.10 Å². The zero-order chi connectivity index (χ0) is 12.2. The van der Waals surface area contributed by atoms with Crippen molar-refractivity contribution >= 4 is 10.0 Å². The Hall–Kier alpha value is -0.170. The van der Waals surface area contributed by atoms with Crippen molar-refractivity contribution in [1.29, 1.82) is 0 Å². The number of hydrogen-bond acceptors (Lipinski definition) is 4. The van der Waals surface area contributed by atoms with E-state index in [1.165, 1.54) is 6.26 Å². The van der Waals surface area contributed by atoms with E-state index < -0.39 is 10.0 Å². The maximum Gasteiger partial charge on any atom is 0.208 e. The second-order valence-corrected chi connectivity index (χ2v) is 6.42. The first kappa shape index (κ1) is 13.9. The summed E-state index contributed by atoms with van der Waals surface area (Å²) in [5, 5.41) is 9.35. The van der Waals surface area contributed by atoms with Crippen LogP contribution in [0, 0.1) is 0 Å². The zero-order valence-electron chi connectivity index (χ0n) is 10.0. The molecule has 1 rings (SSSR count). The summed E-state index contributed by atoms with van der Waals surface area (Å²) in [5.74, 6) is 0. The van der Waals surface area contributed by atoms with E-state index in [1.54, 1.807) is 6.92 Å². The molecule has 6 heteroatoms. The van der Waals surface area contributed by atoms with Gasteiger partial charge in [-0.3, -0.25) is 4.90 Å². The van der Waals surface area contributed by atoms with Crippen LogP contribution in [0.2, 0.25) is 0 Å². The van der Waals surface area contributed by atoms with Crippen LogP contribution in [0.15, 0.2) is 0 Å². The summed E-state index contributed by atoms with van der Waals surface area (Å²) in [7, 11) is -3.08. The average molecular weight is 250 g/mol. The zero-order valence-corrected chi connectivity index (χ0v) is 10.8. The summed E-state index contributed by atoms with van der Waals surface area (Å²) in [6, 6.07) is 0.404. The highest BCUT2D eigenvalue weighted by Crippen LogP contribution is 2.20. The van der Waals surface area contributed by atoms with Crippen molar-refractivity contribution in [2.75, 3.05) is 25.9 Å². The highest BCUT2D eigenvalue weighted by atomic mass is 32.2. The third-order valence-corrected chi connectivity index (χ3v) is 3.60. The van der Waals surface area contributed by atoms with Gasteiger partial charge in [0.15, 0.2) is 0 Å². The number of rotatable bonds is 6. The monoisotopic (exact) mass is 250 g/mol. The number of likely N-dealkylation sites (tertiary alicyclic amines) is 1. The summed E-state index contributed by atoms with van der Waals surface area (Å²) in [6.07, 6.45) is 3.90. The molecular formula is C10H22N2O3S. The van der Waals surface area contributed by atoms with Crippen molar-refractivity contribution in [3.05, 3.63) is 0 Å². The van der Waals surface area contributed by atoms with Gasteiger partial charge in [-0.1, -0.05) is 0 Å². The molecule has 0 spiro atoms. The largest absolute Gasteiger partial charge is 0.393 e. The fourth-order valence-corrected chi connectivity index (χ4v) is 2.69. The Bertz CT molecular complexity index is 303. The van der Waals surface area contributed by atoms with Crippen LogP contribution < -0.4 is 4.72 Å². The van der Waals surface area contributed by atoms with Crippen LogP contribution in [0.4, 0.5) is 0 Å². The summed E-state index contributed by atoms with van der Waals surface area (Å²) in [4.78, 5) is 2.25. The molecule has 1 fully saturated rings. The third-order valence-electron chi connectivity index (χ3n) is 2.88. The predicted molar refractivity (Wildman–Crippen MR) is 63.7 cm³/mol. The minimum absolute atomic E-state index is 0.284. The number of hydrogen-bond donors (Lipinski definition) is 2. The lowest BCUT2D eigenvalue weighted by atomic mass is 10.1. The van der Waals surface area contributed by atoms with Gasteiger partial charge in [-0.2, -0.15) is 0 Å². The first-order valence-electron chi connectivity index (χ1n) is 5.75. The average Bonchev–Trinajstić information content (AvgIpc) is 2.49. The molecule has 0 amide bonds. The minimum Gasteiger partial charge on any atom is -0.393 e. The number of sulfonamides is 1. The van der Waals surface area contributed by atoms with Crippen LogP contribution in [0.5, 0.6) is 0 Å². The molecule has 5 nitrogen and oxygen atoms in total. The maximum atomic E-state index is 10.9. The van der Waals surface area contributed by atoms with Crippen LogP contribution in [0.3, 0.4) is 0 Å². The van der Waals surface area contributed by atoms with E-state index >= 15 is 0 Å². The molecule has 96 valence electrons. The number of nitrogens with zero attached hydrogens (tertiary/aromatic N) is 1. The quantitative estimate of drug-likeness (QED) is 0.683. The van der Waals surface area contributed by atoms with Crippen molar-refractivity contribution in [3.8, 4) is 0 Å². The lowest BCUT2D eigenvalue weighted by molar-refractivity contribution is 0.135. The maximum absolute atomic E-state index is 10.9. The van der Waals surface area contributed by atoms with Crippen LogP contribution in [0.1, 0.15) is 26.2 Å². The normalized spacial score (nSPS) is 24.8. The molecule has 16 heavy (non-hydrogen) atoms. The summed E-state index contributed by atoms with van der Waals surface area (Å²) in [5.41, 5.74) is 0. The van der Waals surface area contributed by atoms with E-state index in [2.05, 4.69) is 9.62 Å². The van der Waals surface area contributed by atoms with Crippen molar-refractivity contribution in [2.45, 2.75) is 38.3 Å². The minimum atomic E-state index is -3.08. The highest BCUT2D eigenvalue weighted by molar-refractivity contribution is 7.88. The van der Waals surface area contributed by atoms with Crippen molar-refractivity contribution in [3.63, 3.8) is 0 Å². The van der Waals surface area contributed by atoms with E-state index in [4.69, 9.17) is 0 Å². The summed E-state index contributed by atoms with van der Waals surface area (Å²) in [6.45, 7) is 3.98. The first-order valence-corrected chi connectivity index (χ1v) is 7.64. The summed E-state index contributed by atoms with van der Waals surface area (Å²) >= 11 is 0. The number of aliphatic hydroxyl groups excluding tert-OH is 1. The highest BCUT2D eigenvalue weighted by Gasteiger charge is 2.25. The Morgan fingerprint density at radius 2 is 2.25 bits per heavy atom. The number of aliphatic hydroxyl groups is 1. The van der Waals surface area contributed by atoms with Crippen LogP contribution in [-0.2, 0) is 10.0 Å². The molecule has 1 aliphatic rings. The van der Waals surface area contributed by atoms with E-state index in [0.717, 1.165) is 32.4 Å². The van der Waals surface area contributed by atoms with Crippen LogP contribution >= 0.6 is 0 Å². The Labute approximate surface area is 97.9 Å². The fraction of sp³-hybridized carbons (Fsp3) is 1.00. The SMILES string of the molecule is C[C@H](O)C[C@H]1CCCN1CCNS(C)(=O)=O. The van der Waals surface area contributed by atoms with Gasteiger partial charge in [-0.25, -0.2) is 13.1 Å². The van der Waals surface area contributed by atoms with Gasteiger partial charge in [0.05, 0.1) is 12.4 Å². The van der Waals surface area contributed by atoms with Gasteiger partial charge in [-0.15, -0.1) is 0 Å². The molecule has 0 aromatic rings. The van der Waals surface area contributed by atoms with Crippen molar-refractivity contribution in [2.24, 2.45) is 0 Å². The molecule has 0 bridgehead atoms. The topological polar surface area (TPSA) is 69.6 Å². The molecule has 1 heterocycles. The van der Waals surface area contributed by atoms with E-state index in [1.807, 2.05) is 0 Å². The van der Waals surface area contributed by atoms with E-state index in [0.29, 0.717) is 12.6 Å². The van der Waals surface area contributed by atoms with Crippen LogP contribution in [0.25, 0.3) is 0 Å². The van der Waals surface area contributed by atoms with Gasteiger partial charge in [0.1, 0.15) is 0 Å². The predicted octanol–water partition coefficient (Wildman–Crippen LogP) is -0.229. The molecule has 2 N–H and O–H groups in total. The fourth-order valence-electron chi connectivity index (χ4n) is 2.22. The van der Waals surface area contributed by atoms with Crippen molar-refractivity contribution < 1.29 is 13.5 Å². The Morgan fingerprint density at radius 1 is 1.56 bits per heavy atom. The molecule has 1 aliphatic heterocycles. The molecule has 0 saturated carbocycles. The van der Waals surface area contributed by atoms with Gasteiger partial charge in [-0.05, 0) is 32.7 Å². The molecule has 0 radical (unpaired) electrons. The smallest absolute Gasteiger partial charge is 0.208 e. The third kappa shape index (κ3) is 5.25.